The maximum atomic E-state index is 13.7. The Morgan fingerprint density at radius 2 is 0.829 bits per heavy atom. The molecule has 12 N–H and O–H groups in total. The molecule has 0 radical (unpaired) electrons. The second-order valence-electron chi connectivity index (χ2n) is 28.4. The van der Waals surface area contributed by atoms with Crippen LogP contribution in [0.25, 0.3) is 0 Å². The Labute approximate surface area is 715 Å². The van der Waals surface area contributed by atoms with Crippen molar-refractivity contribution >= 4 is 88.7 Å². The fraction of sp³-hybridized carbons (Fsp3) is 0.642. The van der Waals surface area contributed by atoms with E-state index in [1.54, 1.807) is 65.6 Å². The number of carbonyl (C=O) groups excluding carboxylic acids is 13. The summed E-state index contributed by atoms with van der Waals surface area (Å²) >= 11 is 0. The molecule has 3 aliphatic rings. The summed E-state index contributed by atoms with van der Waals surface area (Å²) < 4.78 is 62.9. The number of imide groups is 1. The minimum absolute atomic E-state index is 0.00730. The highest BCUT2D eigenvalue weighted by Crippen LogP contribution is 2.24. The largest absolute Gasteiger partial charge is 0.480 e. The van der Waals surface area contributed by atoms with Gasteiger partial charge in [0.1, 0.15) is 32.0 Å². The van der Waals surface area contributed by atoms with Crippen LogP contribution >= 0.6 is 0 Å². The van der Waals surface area contributed by atoms with E-state index >= 15 is 0 Å². The number of amides is 13. The van der Waals surface area contributed by atoms with E-state index in [-0.39, 0.29) is 108 Å². The molecule has 2 heterocycles. The predicted molar refractivity (Wildman–Crippen MR) is 437 cm³/mol. The van der Waals surface area contributed by atoms with Crippen molar-refractivity contribution in [3.63, 3.8) is 0 Å². The molecule has 0 bridgehead atoms. The van der Waals surface area contributed by atoms with Crippen LogP contribution in [-0.4, -0.2) is 380 Å². The fourth-order valence-corrected chi connectivity index (χ4v) is 12.4. The standard InChI is InChI=1S/C81H124N14O28/c96-67(82-52-69(98)84-55-72(101)90-65(50-61-10-4-1-5-11-61)80(111)86-54-71(100)88-60-123-59-79(109)110)21-30-113-38-40-117-34-26-93(27-35-118-41-39-114-31-22-68(97)83-53-70(99)85-56-73(102)91-66(81(112)87-57-78(107)108)51-62-12-6-2-7-13-62)64-17-15-63(16-18-64)89-74(103)58-92-24-32-115-42-46-121-48-44-119-36-28-94(29-37-120-45-49-122-47-43-116-33-25-92)75(104)14-8-3-9-23-95-76(105)19-20-77(95)106/h1-2,4-7,10-13,19-20,63-66H,3,8-9,14-18,21-60H2,(H,82,96)(H,83,97)(H,84,98)(H,85,99)(H,86,111)(H,87,112)(H,88,100)(H,89,103)(H,90,101)(H,91,102)(H,107,108)(H,109,110)/t63?,64?,65-,66-/m0/s1. The molecule has 0 aromatic heterocycles. The molecule has 2 fully saturated rings. The highest BCUT2D eigenvalue weighted by Gasteiger charge is 2.30. The summed E-state index contributed by atoms with van der Waals surface area (Å²) in [5.41, 5.74) is 1.39. The smallest absolute Gasteiger partial charge is 0.329 e. The number of unbranched alkanes of at least 4 members (excludes halogenated alkanes) is 2. The lowest BCUT2D eigenvalue weighted by Crippen LogP contribution is -2.52. The van der Waals surface area contributed by atoms with E-state index in [0.29, 0.717) is 188 Å². The first-order valence-corrected chi connectivity index (χ1v) is 41.5. The number of carbonyl (C=O) groups is 15. The summed E-state index contributed by atoms with van der Waals surface area (Å²) in [7, 11) is 0. The highest BCUT2D eigenvalue weighted by molar-refractivity contribution is 6.12. The average molecular weight is 1740 g/mol. The average Bonchev–Trinajstić information content (AvgIpc) is 1.69. The van der Waals surface area contributed by atoms with Crippen LogP contribution in [0.3, 0.4) is 0 Å². The molecular weight excluding hydrogens is 1620 g/mol. The van der Waals surface area contributed by atoms with E-state index in [1.165, 1.54) is 17.1 Å². The number of hydrogen-bond donors (Lipinski definition) is 12. The number of carboxylic acids is 2. The van der Waals surface area contributed by atoms with Gasteiger partial charge in [-0.1, -0.05) is 67.1 Å². The molecule has 1 saturated carbocycles. The van der Waals surface area contributed by atoms with Crippen LogP contribution < -0.4 is 53.2 Å². The van der Waals surface area contributed by atoms with Crippen LogP contribution in [-0.2, 0) is 137 Å². The van der Waals surface area contributed by atoms with Gasteiger partial charge in [-0.15, -0.1) is 0 Å². The Kier molecular flexibility index (Phi) is 54.4. The predicted octanol–water partition coefficient (Wildman–Crippen LogP) is -4.30. The number of benzene rings is 2. The number of aliphatic carboxylic acids is 2. The van der Waals surface area contributed by atoms with Crippen LogP contribution in [0.15, 0.2) is 72.8 Å². The van der Waals surface area contributed by atoms with Crippen molar-refractivity contribution < 1.29 is 134 Å². The second-order valence-corrected chi connectivity index (χ2v) is 28.4. The molecule has 42 heteroatoms. The van der Waals surface area contributed by atoms with Crippen LogP contribution in [0.2, 0.25) is 0 Å². The van der Waals surface area contributed by atoms with Gasteiger partial charge in [-0.25, -0.2) is 4.79 Å². The Morgan fingerprint density at radius 3 is 1.29 bits per heavy atom. The first-order valence-electron chi connectivity index (χ1n) is 41.5. The quantitative estimate of drug-likeness (QED) is 0.0169. The topological polar surface area (TPSA) is 531 Å². The van der Waals surface area contributed by atoms with Gasteiger partial charge in [-0.05, 0) is 49.7 Å². The zero-order chi connectivity index (χ0) is 88.7. The first kappa shape index (κ1) is 103. The van der Waals surface area contributed by atoms with E-state index < -0.39 is 130 Å². The molecule has 42 nitrogen and oxygen atoms in total. The van der Waals surface area contributed by atoms with Crippen LogP contribution in [0.4, 0.5) is 0 Å². The first-order chi connectivity index (χ1) is 59.6. The summed E-state index contributed by atoms with van der Waals surface area (Å²) in [6.07, 6.45) is 7.56. The van der Waals surface area contributed by atoms with Crippen molar-refractivity contribution in [3.05, 3.63) is 83.9 Å². The molecular formula is C81H124N14O28. The van der Waals surface area contributed by atoms with Gasteiger partial charge < -0.3 is 120 Å². The normalized spacial score (nSPS) is 16.8. The molecule has 2 aliphatic heterocycles. The number of ether oxygens (including phenoxy) is 11. The van der Waals surface area contributed by atoms with Gasteiger partial charge in [0.05, 0.1) is 171 Å². The number of nitrogens with zero attached hydrogens (tertiary/aromatic N) is 4. The monoisotopic (exact) mass is 1740 g/mol. The van der Waals surface area contributed by atoms with Gasteiger partial charge in [0.25, 0.3) is 11.8 Å². The Hall–Kier alpha value is -10.1. The molecule has 2 atom stereocenters. The molecule has 1 aliphatic carbocycles. The lowest BCUT2D eigenvalue weighted by atomic mass is 9.90. The van der Waals surface area contributed by atoms with Crippen molar-refractivity contribution in [1.82, 2.24) is 72.8 Å². The summed E-state index contributed by atoms with van der Waals surface area (Å²) in [6.45, 7) is 4.06. The van der Waals surface area contributed by atoms with E-state index in [9.17, 15) is 71.9 Å². The van der Waals surface area contributed by atoms with Gasteiger partial charge >= 0.3 is 11.9 Å². The lowest BCUT2D eigenvalue weighted by Gasteiger charge is -2.37. The van der Waals surface area contributed by atoms with Crippen LogP contribution in [0, 0.1) is 0 Å². The van der Waals surface area contributed by atoms with Crippen LogP contribution in [0.1, 0.15) is 75.3 Å². The lowest BCUT2D eigenvalue weighted by molar-refractivity contribution is -0.143. The van der Waals surface area contributed by atoms with E-state index in [2.05, 4.69) is 58.1 Å². The SMILES string of the molecule is O=C(O)CNC(=O)[C@H](Cc1ccccc1)NC(=O)CNC(=O)CNC(=O)CCOCCOCCN(CCOCCOCCC(=O)NCC(=O)NCC(=O)N[C@@H](Cc1ccccc1)C(=O)NCC(=O)NCOCC(=O)O)C1CCC(NC(=O)CN2CCOCCOCCOCCN(C(=O)CCCCCN3C(=O)C=CC3=O)CCOCCOCCOCC2)CC1. The fourth-order valence-electron chi connectivity index (χ4n) is 12.4. The number of nitrogens with one attached hydrogen (secondary N) is 10. The van der Waals surface area contributed by atoms with Gasteiger partial charge in [-0.2, -0.15) is 0 Å². The molecule has 0 spiro atoms. The molecule has 5 rings (SSSR count). The van der Waals surface area contributed by atoms with E-state index in [1.807, 2.05) is 4.90 Å². The zero-order valence-corrected chi connectivity index (χ0v) is 70.0. The second kappa shape index (κ2) is 64.7. The van der Waals surface area contributed by atoms with Crippen molar-refractivity contribution in [2.45, 2.75) is 101 Å². The minimum Gasteiger partial charge on any atom is -0.480 e. The third-order valence-electron chi connectivity index (χ3n) is 18.9. The summed E-state index contributed by atoms with van der Waals surface area (Å²) in [5, 5.41) is 42.7. The number of rotatable bonds is 52. The molecule has 0 unspecified atom stereocenters. The molecule has 2 aromatic rings. The maximum Gasteiger partial charge on any atom is 0.329 e. The molecule has 13 amide bonds. The summed E-state index contributed by atoms with van der Waals surface area (Å²) in [5.74, 6) is -9.22. The number of carboxylic acid groups (broad SMARTS) is 2. The van der Waals surface area contributed by atoms with Crippen molar-refractivity contribution in [2.75, 3.05) is 237 Å². The van der Waals surface area contributed by atoms with Gasteiger partial charge in [0.2, 0.25) is 65.0 Å². The third kappa shape index (κ3) is 50.3. The highest BCUT2D eigenvalue weighted by atomic mass is 16.6. The third-order valence-corrected chi connectivity index (χ3v) is 18.9. The molecule has 1 saturated heterocycles. The summed E-state index contributed by atoms with van der Waals surface area (Å²) in [4.78, 5) is 194. The van der Waals surface area contributed by atoms with E-state index in [0.717, 1.165) is 12.8 Å². The Bertz CT molecular complexity index is 3500. The maximum absolute atomic E-state index is 13.7. The Balaban J connectivity index is 1.02. The van der Waals surface area contributed by atoms with Crippen molar-refractivity contribution in [1.29, 1.82) is 0 Å². The summed E-state index contributed by atoms with van der Waals surface area (Å²) in [6, 6.07) is 15.2. The number of hydrogen-bond acceptors (Lipinski definition) is 28. The van der Waals surface area contributed by atoms with E-state index in [4.69, 9.17) is 62.3 Å². The minimum atomic E-state index is -1.27. The zero-order valence-electron chi connectivity index (χ0n) is 70.0. The molecule has 2 aromatic carbocycles. The van der Waals surface area contributed by atoms with Gasteiger partial charge in [0, 0.05) is 102 Å². The van der Waals surface area contributed by atoms with Crippen molar-refractivity contribution in [2.24, 2.45) is 0 Å². The van der Waals surface area contributed by atoms with Gasteiger partial charge in [-0.3, -0.25) is 81.8 Å². The Morgan fingerprint density at radius 1 is 0.415 bits per heavy atom. The molecule has 123 heavy (non-hydrogen) atoms. The molecule has 686 valence electrons. The van der Waals surface area contributed by atoms with Crippen molar-refractivity contribution in [3.8, 4) is 0 Å². The van der Waals surface area contributed by atoms with Gasteiger partial charge in [0.15, 0.2) is 0 Å². The van der Waals surface area contributed by atoms with Crippen LogP contribution in [0.5, 0.6) is 0 Å².